The number of halogens is 5. The number of benzene rings is 3. The summed E-state index contributed by atoms with van der Waals surface area (Å²) >= 11 is 12.7. The van der Waals surface area contributed by atoms with E-state index >= 15 is 0 Å². The van der Waals surface area contributed by atoms with Crippen LogP contribution in [0.1, 0.15) is 16.7 Å². The van der Waals surface area contributed by atoms with Crippen LogP contribution in [-0.2, 0) is 26.6 Å². The minimum absolute atomic E-state index is 0. The van der Waals surface area contributed by atoms with Gasteiger partial charge in [-0.1, -0.05) is 47.5 Å². The highest BCUT2D eigenvalue weighted by molar-refractivity contribution is 6.35. The monoisotopic (exact) mass is 775 g/mol. The van der Waals surface area contributed by atoms with E-state index in [9.17, 15) is 4.79 Å². The van der Waals surface area contributed by atoms with Gasteiger partial charge >= 0.3 is 0 Å². The molecule has 49 heavy (non-hydrogen) atoms. The maximum atomic E-state index is 12.7. The van der Waals surface area contributed by atoms with E-state index in [2.05, 4.69) is 32.2 Å². The zero-order valence-corrected chi connectivity index (χ0v) is 31.1. The molecule has 2 saturated heterocycles. The summed E-state index contributed by atoms with van der Waals surface area (Å²) in [7, 11) is 0. The molecular formula is C34H42Cl5N5O5. The van der Waals surface area contributed by atoms with E-state index in [0.717, 1.165) is 54.4 Å². The number of para-hydroxylation sites is 1. The lowest BCUT2D eigenvalue weighted by Crippen LogP contribution is -2.48. The lowest BCUT2D eigenvalue weighted by Gasteiger charge is -2.35. The largest absolute Gasteiger partial charge is 0.491 e. The van der Waals surface area contributed by atoms with Gasteiger partial charge in [-0.2, -0.15) is 0 Å². The van der Waals surface area contributed by atoms with Crippen molar-refractivity contribution in [2.75, 3.05) is 56.2 Å². The molecule has 0 saturated carbocycles. The van der Waals surface area contributed by atoms with Gasteiger partial charge in [-0.25, -0.2) is 4.98 Å². The molecule has 1 aromatic heterocycles. The third-order valence-corrected chi connectivity index (χ3v) is 8.82. The molecule has 10 nitrogen and oxygen atoms in total. The molecule has 2 fully saturated rings. The first-order valence-corrected chi connectivity index (χ1v) is 15.8. The van der Waals surface area contributed by atoms with Crippen molar-refractivity contribution in [2.45, 2.75) is 32.3 Å². The molecule has 268 valence electrons. The number of anilines is 2. The number of nitrogens with zero attached hydrogens (tertiary/aromatic N) is 4. The van der Waals surface area contributed by atoms with Gasteiger partial charge in [0.25, 0.3) is 0 Å². The molecule has 2 atom stereocenters. The van der Waals surface area contributed by atoms with Gasteiger partial charge in [0.05, 0.1) is 31.0 Å². The maximum absolute atomic E-state index is 12.7. The van der Waals surface area contributed by atoms with Crippen LogP contribution in [0.4, 0.5) is 11.4 Å². The molecule has 0 radical (unpaired) electrons. The highest BCUT2D eigenvalue weighted by Gasteiger charge is 2.45. The topological polar surface area (TPSA) is 113 Å². The molecule has 0 bridgehead atoms. The van der Waals surface area contributed by atoms with Crippen LogP contribution >= 0.6 is 60.4 Å². The zero-order valence-electron chi connectivity index (χ0n) is 27.1. The Morgan fingerprint density at radius 2 is 1.69 bits per heavy atom. The maximum Gasteiger partial charge on any atom is 0.238 e. The van der Waals surface area contributed by atoms with E-state index in [1.165, 1.54) is 0 Å². The Labute approximate surface area is 315 Å². The van der Waals surface area contributed by atoms with Gasteiger partial charge in [-0.3, -0.25) is 9.69 Å². The van der Waals surface area contributed by atoms with Crippen molar-refractivity contribution in [3.63, 3.8) is 0 Å². The van der Waals surface area contributed by atoms with Gasteiger partial charge in [0.2, 0.25) is 11.7 Å². The number of nitrogens with one attached hydrogen (secondary N) is 1. The van der Waals surface area contributed by atoms with E-state index < -0.39 is 5.79 Å². The average Bonchev–Trinajstić information content (AvgIpc) is 3.69. The summed E-state index contributed by atoms with van der Waals surface area (Å²) < 4.78 is 20.8. The van der Waals surface area contributed by atoms with Crippen molar-refractivity contribution in [3.8, 4) is 5.75 Å². The first-order chi connectivity index (χ1) is 21.8. The summed E-state index contributed by atoms with van der Waals surface area (Å²) in [6.07, 6.45) is 4.98. The Hall–Kier alpha value is -2.77. The van der Waals surface area contributed by atoms with E-state index in [4.69, 9.17) is 37.4 Å². The van der Waals surface area contributed by atoms with E-state index in [-0.39, 0.29) is 54.7 Å². The molecule has 2 aliphatic rings. The normalized spacial score (nSPS) is 18.7. The van der Waals surface area contributed by atoms with Gasteiger partial charge in [0.1, 0.15) is 18.5 Å². The van der Waals surface area contributed by atoms with Crippen molar-refractivity contribution in [1.82, 2.24) is 14.5 Å². The molecule has 3 heterocycles. The van der Waals surface area contributed by atoms with E-state index in [1.807, 2.05) is 61.0 Å². The molecule has 6 rings (SSSR count). The van der Waals surface area contributed by atoms with Gasteiger partial charge in [0.15, 0.2) is 0 Å². The van der Waals surface area contributed by atoms with Crippen LogP contribution in [0.15, 0.2) is 79.4 Å². The minimum Gasteiger partial charge on any atom is -0.491 e. The van der Waals surface area contributed by atoms with Crippen molar-refractivity contribution in [2.24, 2.45) is 0 Å². The summed E-state index contributed by atoms with van der Waals surface area (Å²) in [6.45, 7) is 8.78. The second-order valence-electron chi connectivity index (χ2n) is 11.5. The average molecular weight is 778 g/mol. The van der Waals surface area contributed by atoms with Crippen LogP contribution in [0.3, 0.4) is 0 Å². The van der Waals surface area contributed by atoms with E-state index in [0.29, 0.717) is 41.9 Å². The molecule has 0 spiro atoms. The molecule has 0 aliphatic carbocycles. The number of imidazole rings is 1. The summed E-state index contributed by atoms with van der Waals surface area (Å²) in [4.78, 5) is 21.4. The zero-order chi connectivity index (χ0) is 31.4. The Balaban J connectivity index is 0.00000208. The molecule has 1 amide bonds. The quantitative estimate of drug-likeness (QED) is 0.200. The highest BCUT2D eigenvalue weighted by atomic mass is 35.5. The number of rotatable bonds is 10. The number of piperazine rings is 1. The smallest absolute Gasteiger partial charge is 0.238 e. The number of hydrogen-bond donors (Lipinski definition) is 1. The predicted octanol–water partition coefficient (Wildman–Crippen LogP) is 6.36. The van der Waals surface area contributed by atoms with Gasteiger partial charge in [0, 0.05) is 60.5 Å². The number of hydrogen-bond acceptors (Lipinski definition) is 7. The molecule has 15 heteroatoms. The molecule has 4 aromatic rings. The summed E-state index contributed by atoms with van der Waals surface area (Å²) in [5.74, 6) is -0.322. The number of carbonyl (C=O) groups is 1. The Bertz CT molecular complexity index is 1600. The SMILES string of the molecule is Cc1cccc(C)c1NC(=O)CN1CCN(c2ccc(OC[C@@H]3CO[C@@](Cn4ccnc4)(c4ccc(Cl)cc4Cl)O3)cc2)CC1.Cl.Cl.Cl.O. The number of aromatic nitrogens is 2. The first-order valence-electron chi connectivity index (χ1n) is 15.1. The van der Waals surface area contributed by atoms with Gasteiger partial charge in [-0.05, 0) is 61.4 Å². The number of amides is 1. The van der Waals surface area contributed by atoms with Crippen LogP contribution in [0.5, 0.6) is 5.75 Å². The van der Waals surface area contributed by atoms with Crippen molar-refractivity contribution < 1.29 is 24.5 Å². The van der Waals surface area contributed by atoms with Crippen LogP contribution < -0.4 is 15.0 Å². The van der Waals surface area contributed by atoms with Crippen molar-refractivity contribution in [1.29, 1.82) is 0 Å². The summed E-state index contributed by atoms with van der Waals surface area (Å²) in [6, 6.07) is 19.4. The lowest BCUT2D eigenvalue weighted by atomic mass is 10.1. The van der Waals surface area contributed by atoms with Crippen molar-refractivity contribution in [3.05, 3.63) is 106 Å². The Morgan fingerprint density at radius 3 is 2.33 bits per heavy atom. The Kier molecular flexibility index (Phi) is 16.4. The molecule has 3 N–H and O–H groups in total. The second kappa shape index (κ2) is 19.0. The van der Waals surface area contributed by atoms with Crippen molar-refractivity contribution >= 4 is 77.7 Å². The molecule has 0 unspecified atom stereocenters. The third-order valence-electron chi connectivity index (χ3n) is 8.27. The highest BCUT2D eigenvalue weighted by Crippen LogP contribution is 2.40. The number of aryl methyl sites for hydroxylation is 2. The van der Waals surface area contributed by atoms with Crippen LogP contribution in [0.25, 0.3) is 0 Å². The van der Waals surface area contributed by atoms with Crippen LogP contribution in [0, 0.1) is 13.8 Å². The lowest BCUT2D eigenvalue weighted by molar-refractivity contribution is -0.189. The number of ether oxygens (including phenoxy) is 3. The minimum atomic E-state index is -1.09. The third kappa shape index (κ3) is 10.4. The fourth-order valence-corrected chi connectivity index (χ4v) is 6.43. The molecule has 2 aliphatic heterocycles. The fraction of sp³-hybridized carbons (Fsp3) is 0.353. The van der Waals surface area contributed by atoms with E-state index in [1.54, 1.807) is 24.7 Å². The standard InChI is InChI=1S/C34H37Cl2N5O4.3ClH.H2O/c1-24-4-3-5-25(2)33(24)38-32(42)19-39-14-16-41(17-15-39)27-7-9-28(10-8-27)43-20-29-21-44-34(45-29,22-40-13-12-37-23-40)30-11-6-26(35)18-31(30)36;;;;/h3-13,18,23,29H,14-17,19-22H2,1-2H3,(H,38,42);3*1H;1H2/t29-,34-;;;;/m1..../s1. The summed E-state index contributed by atoms with van der Waals surface area (Å²) in [5.41, 5.74) is 4.89. The molecule has 3 aromatic carbocycles. The second-order valence-corrected chi connectivity index (χ2v) is 12.4. The first kappa shape index (κ1) is 42.4. The Morgan fingerprint density at radius 1 is 1.00 bits per heavy atom. The fourth-order valence-electron chi connectivity index (χ4n) is 5.88. The molecular weight excluding hydrogens is 736 g/mol. The van der Waals surface area contributed by atoms with Gasteiger partial charge in [-0.15, -0.1) is 37.2 Å². The summed E-state index contributed by atoms with van der Waals surface area (Å²) in [5, 5.41) is 4.11. The van der Waals surface area contributed by atoms with Crippen LogP contribution in [-0.4, -0.2) is 77.9 Å². The van der Waals surface area contributed by atoms with Crippen LogP contribution in [0.2, 0.25) is 10.0 Å². The number of carbonyl (C=O) groups excluding carboxylic acids is 1. The predicted molar refractivity (Wildman–Crippen MR) is 202 cm³/mol. The van der Waals surface area contributed by atoms with Gasteiger partial charge < -0.3 is 34.5 Å².